The second kappa shape index (κ2) is 7.70. The Kier molecular flexibility index (Phi) is 5.38. The minimum absolute atomic E-state index is 0.126. The molecule has 0 aliphatic carbocycles. The summed E-state index contributed by atoms with van der Waals surface area (Å²) in [7, 11) is 0. The Hall–Kier alpha value is -2.34. The molecule has 0 amide bonds. The van der Waals surface area contributed by atoms with Crippen molar-refractivity contribution in [2.75, 3.05) is 0 Å². The highest BCUT2D eigenvalue weighted by atomic mass is 32.2. The van der Waals surface area contributed by atoms with Crippen LogP contribution in [0.3, 0.4) is 0 Å². The Bertz CT molecular complexity index is 796. The zero-order chi connectivity index (χ0) is 17.7. The number of hydrogen-bond acceptors (Lipinski definition) is 6. The molecule has 0 unspecified atom stereocenters. The molecule has 0 aliphatic heterocycles. The quantitative estimate of drug-likeness (QED) is 0.601. The molecule has 2 aromatic heterocycles. The summed E-state index contributed by atoms with van der Waals surface area (Å²) < 4.78 is 11.5. The van der Waals surface area contributed by atoms with Crippen molar-refractivity contribution >= 4 is 11.8 Å². The fraction of sp³-hybridized carbons (Fsp3) is 0.316. The summed E-state index contributed by atoms with van der Waals surface area (Å²) in [6.45, 7) is 6.68. The van der Waals surface area contributed by atoms with Crippen molar-refractivity contribution in [2.24, 2.45) is 0 Å². The van der Waals surface area contributed by atoms with Gasteiger partial charge >= 0.3 is 0 Å². The summed E-state index contributed by atoms with van der Waals surface area (Å²) in [6, 6.07) is 11.9. The van der Waals surface area contributed by atoms with Crippen LogP contribution in [0.4, 0.5) is 0 Å². The molecule has 0 fully saturated rings. The van der Waals surface area contributed by atoms with E-state index in [2.05, 4.69) is 36.0 Å². The van der Waals surface area contributed by atoms with E-state index in [0.29, 0.717) is 17.7 Å². The number of ether oxygens (including phenoxy) is 1. The van der Waals surface area contributed by atoms with Gasteiger partial charge in [-0.15, -0.1) is 10.2 Å². The van der Waals surface area contributed by atoms with Crippen LogP contribution in [0.2, 0.25) is 0 Å². The maximum absolute atomic E-state index is 5.76. The van der Waals surface area contributed by atoms with Crippen molar-refractivity contribution in [3.8, 4) is 5.75 Å². The summed E-state index contributed by atoms with van der Waals surface area (Å²) in [4.78, 5) is 4.08. The van der Waals surface area contributed by atoms with Crippen LogP contribution >= 0.6 is 11.8 Å². The SMILES string of the molecule is CC(C)(C)c1nnc(SCc2ccc(OCc3cccnc3)cc2)o1. The number of nitrogens with zero attached hydrogens (tertiary/aromatic N) is 3. The number of pyridine rings is 1. The van der Waals surface area contributed by atoms with Crippen molar-refractivity contribution in [3.63, 3.8) is 0 Å². The van der Waals surface area contributed by atoms with Gasteiger partial charge in [0.2, 0.25) is 5.89 Å². The molecule has 25 heavy (non-hydrogen) atoms. The third-order valence-electron chi connectivity index (χ3n) is 3.46. The normalized spacial score (nSPS) is 11.5. The number of thioether (sulfide) groups is 1. The van der Waals surface area contributed by atoms with Gasteiger partial charge in [-0.3, -0.25) is 4.98 Å². The van der Waals surface area contributed by atoms with Gasteiger partial charge in [-0.25, -0.2) is 0 Å². The smallest absolute Gasteiger partial charge is 0.276 e. The second-order valence-corrected chi connectivity index (χ2v) is 7.63. The van der Waals surface area contributed by atoms with Crippen molar-refractivity contribution < 1.29 is 9.15 Å². The van der Waals surface area contributed by atoms with Gasteiger partial charge in [0.25, 0.3) is 5.22 Å². The third-order valence-corrected chi connectivity index (χ3v) is 4.35. The number of aromatic nitrogens is 3. The highest BCUT2D eigenvalue weighted by Gasteiger charge is 2.21. The van der Waals surface area contributed by atoms with Gasteiger partial charge in [0.05, 0.1) is 0 Å². The summed E-state index contributed by atoms with van der Waals surface area (Å²) >= 11 is 1.54. The van der Waals surface area contributed by atoms with Crippen LogP contribution < -0.4 is 4.74 Å². The van der Waals surface area contributed by atoms with E-state index in [4.69, 9.17) is 9.15 Å². The lowest BCUT2D eigenvalue weighted by molar-refractivity contribution is 0.305. The van der Waals surface area contributed by atoms with E-state index < -0.39 is 0 Å². The molecule has 0 N–H and O–H groups in total. The van der Waals surface area contributed by atoms with Gasteiger partial charge in [0.1, 0.15) is 12.4 Å². The van der Waals surface area contributed by atoms with E-state index in [0.717, 1.165) is 17.1 Å². The largest absolute Gasteiger partial charge is 0.489 e. The molecule has 0 radical (unpaired) electrons. The maximum atomic E-state index is 5.76. The molecule has 3 rings (SSSR count). The van der Waals surface area contributed by atoms with Gasteiger partial charge in [-0.05, 0) is 23.8 Å². The molecule has 0 saturated heterocycles. The molecule has 0 spiro atoms. The average molecular weight is 355 g/mol. The Balaban J connectivity index is 1.51. The summed E-state index contributed by atoms with van der Waals surface area (Å²) in [5, 5.41) is 8.80. The van der Waals surface area contributed by atoms with Gasteiger partial charge in [-0.2, -0.15) is 0 Å². The summed E-state index contributed by atoms with van der Waals surface area (Å²) in [5.41, 5.74) is 2.10. The Morgan fingerprint density at radius 3 is 2.48 bits per heavy atom. The fourth-order valence-electron chi connectivity index (χ4n) is 2.05. The van der Waals surface area contributed by atoms with E-state index in [1.165, 1.54) is 17.3 Å². The molecule has 0 saturated carbocycles. The van der Waals surface area contributed by atoms with Crippen LogP contribution in [-0.4, -0.2) is 15.2 Å². The molecule has 6 heteroatoms. The number of benzene rings is 1. The van der Waals surface area contributed by atoms with Crippen LogP contribution in [0.5, 0.6) is 5.75 Å². The summed E-state index contributed by atoms with van der Waals surface area (Å²) in [6.07, 6.45) is 3.56. The van der Waals surface area contributed by atoms with Crippen molar-refractivity contribution in [1.29, 1.82) is 0 Å². The molecule has 0 aliphatic rings. The van der Waals surface area contributed by atoms with E-state index in [9.17, 15) is 0 Å². The monoisotopic (exact) mass is 355 g/mol. The molecular weight excluding hydrogens is 334 g/mol. The minimum Gasteiger partial charge on any atom is -0.489 e. The lowest BCUT2D eigenvalue weighted by Crippen LogP contribution is -2.11. The molecule has 3 aromatic rings. The van der Waals surface area contributed by atoms with Crippen LogP contribution in [0.15, 0.2) is 58.4 Å². The number of rotatable bonds is 6. The topological polar surface area (TPSA) is 61.0 Å². The fourth-order valence-corrected chi connectivity index (χ4v) is 2.77. The zero-order valence-corrected chi connectivity index (χ0v) is 15.4. The van der Waals surface area contributed by atoms with Crippen molar-refractivity contribution in [1.82, 2.24) is 15.2 Å². The van der Waals surface area contributed by atoms with Crippen LogP contribution in [-0.2, 0) is 17.8 Å². The van der Waals surface area contributed by atoms with Crippen molar-refractivity contribution in [3.05, 3.63) is 65.8 Å². The van der Waals surface area contributed by atoms with Crippen LogP contribution in [0, 0.1) is 0 Å². The first-order chi connectivity index (χ1) is 12.0. The first-order valence-corrected chi connectivity index (χ1v) is 9.07. The molecule has 2 heterocycles. The van der Waals surface area contributed by atoms with Crippen molar-refractivity contribution in [2.45, 2.75) is 43.8 Å². The molecule has 130 valence electrons. The predicted molar refractivity (Wildman–Crippen MR) is 97.6 cm³/mol. The third kappa shape index (κ3) is 5.06. The van der Waals surface area contributed by atoms with Crippen LogP contribution in [0.1, 0.15) is 37.8 Å². The van der Waals surface area contributed by atoms with E-state index in [-0.39, 0.29) is 5.41 Å². The molecule has 0 atom stereocenters. The van der Waals surface area contributed by atoms with Gasteiger partial charge in [-0.1, -0.05) is 50.7 Å². The lowest BCUT2D eigenvalue weighted by Gasteiger charge is -2.10. The van der Waals surface area contributed by atoms with Crippen LogP contribution in [0.25, 0.3) is 0 Å². The predicted octanol–water partition coefficient (Wildman–Crippen LogP) is 4.63. The molecular formula is C19H21N3O2S. The number of hydrogen-bond donors (Lipinski definition) is 0. The van der Waals surface area contributed by atoms with Gasteiger partial charge in [0, 0.05) is 29.1 Å². The zero-order valence-electron chi connectivity index (χ0n) is 14.6. The molecule has 1 aromatic carbocycles. The molecule has 0 bridgehead atoms. The van der Waals surface area contributed by atoms with E-state index in [1.807, 2.05) is 36.4 Å². The molecule has 5 nitrogen and oxygen atoms in total. The first-order valence-electron chi connectivity index (χ1n) is 8.08. The minimum atomic E-state index is -0.126. The highest BCUT2D eigenvalue weighted by Crippen LogP contribution is 2.27. The average Bonchev–Trinajstić information content (AvgIpc) is 3.09. The van der Waals surface area contributed by atoms with Gasteiger partial charge < -0.3 is 9.15 Å². The summed E-state index contributed by atoms with van der Waals surface area (Å²) in [5.74, 6) is 2.27. The van der Waals surface area contributed by atoms with E-state index in [1.54, 1.807) is 12.4 Å². The first kappa shape index (κ1) is 17.5. The Labute approximate surface area is 151 Å². The maximum Gasteiger partial charge on any atom is 0.276 e. The van der Waals surface area contributed by atoms with E-state index >= 15 is 0 Å². The standard InChI is InChI=1S/C19H21N3O2S/c1-19(2,3)17-21-22-18(24-17)25-13-14-6-8-16(9-7-14)23-12-15-5-4-10-20-11-15/h4-11H,12-13H2,1-3H3. The highest BCUT2D eigenvalue weighted by molar-refractivity contribution is 7.98. The Morgan fingerprint density at radius 2 is 1.84 bits per heavy atom. The second-order valence-electron chi connectivity index (χ2n) is 6.71. The Morgan fingerprint density at radius 1 is 1.04 bits per heavy atom. The lowest BCUT2D eigenvalue weighted by atomic mass is 9.97. The van der Waals surface area contributed by atoms with Gasteiger partial charge in [0.15, 0.2) is 0 Å².